The molecule has 2 amide bonds. The van der Waals surface area contributed by atoms with Crippen molar-refractivity contribution in [3.63, 3.8) is 0 Å². The maximum absolute atomic E-state index is 12.9. The Morgan fingerprint density at radius 1 is 1.10 bits per heavy atom. The number of fused-ring (bicyclic) bond motifs is 1. The van der Waals surface area contributed by atoms with Crippen molar-refractivity contribution in [1.82, 2.24) is 15.1 Å². The van der Waals surface area contributed by atoms with Crippen LogP contribution in [0.3, 0.4) is 0 Å². The van der Waals surface area contributed by atoms with Gasteiger partial charge in [0.25, 0.3) is 0 Å². The first-order valence-electron chi connectivity index (χ1n) is 10.7. The molecule has 6 heteroatoms. The van der Waals surface area contributed by atoms with Crippen LogP contribution < -0.4 is 10.6 Å². The summed E-state index contributed by atoms with van der Waals surface area (Å²) in [5, 5.41) is 6.08. The highest BCUT2D eigenvalue weighted by atomic mass is 16.2. The number of carbonyl (C=O) groups excluding carboxylic acids is 2. The van der Waals surface area contributed by atoms with Gasteiger partial charge in [0.2, 0.25) is 11.8 Å². The summed E-state index contributed by atoms with van der Waals surface area (Å²) in [6.07, 6.45) is 2.12. The van der Waals surface area contributed by atoms with Gasteiger partial charge >= 0.3 is 0 Å². The zero-order chi connectivity index (χ0) is 20.9. The molecule has 0 aliphatic carbocycles. The molecule has 158 valence electrons. The van der Waals surface area contributed by atoms with E-state index in [1.54, 1.807) is 0 Å². The van der Waals surface area contributed by atoms with Gasteiger partial charge in [-0.15, -0.1) is 0 Å². The largest absolute Gasteiger partial charge is 0.353 e. The molecule has 2 N–H and O–H groups in total. The van der Waals surface area contributed by atoms with E-state index in [1.807, 2.05) is 48.5 Å². The zero-order valence-electron chi connectivity index (χ0n) is 17.5. The maximum Gasteiger partial charge on any atom is 0.239 e. The van der Waals surface area contributed by atoms with Crippen LogP contribution in [-0.2, 0) is 16.1 Å². The van der Waals surface area contributed by atoms with Crippen molar-refractivity contribution in [3.05, 3.63) is 66.2 Å². The lowest BCUT2D eigenvalue weighted by Crippen LogP contribution is -2.49. The van der Waals surface area contributed by atoms with Crippen molar-refractivity contribution in [1.29, 1.82) is 0 Å². The van der Waals surface area contributed by atoms with Crippen molar-refractivity contribution in [2.45, 2.75) is 43.9 Å². The summed E-state index contributed by atoms with van der Waals surface area (Å²) < 4.78 is 0. The third-order valence-electron chi connectivity index (χ3n) is 6.34. The molecule has 2 heterocycles. The summed E-state index contributed by atoms with van der Waals surface area (Å²) >= 11 is 0. The molecule has 30 heavy (non-hydrogen) atoms. The summed E-state index contributed by atoms with van der Waals surface area (Å²) in [5.74, 6) is 0.121. The van der Waals surface area contributed by atoms with Crippen molar-refractivity contribution in [2.75, 3.05) is 25.5 Å². The highest BCUT2D eigenvalue weighted by Crippen LogP contribution is 2.28. The van der Waals surface area contributed by atoms with Crippen LogP contribution in [0.25, 0.3) is 0 Å². The molecule has 0 saturated carbocycles. The highest BCUT2D eigenvalue weighted by Gasteiger charge is 2.44. The fourth-order valence-electron chi connectivity index (χ4n) is 4.69. The molecule has 3 atom stereocenters. The van der Waals surface area contributed by atoms with E-state index in [0.29, 0.717) is 13.0 Å². The Morgan fingerprint density at radius 2 is 1.80 bits per heavy atom. The van der Waals surface area contributed by atoms with Crippen LogP contribution >= 0.6 is 0 Å². The molecule has 2 fully saturated rings. The molecule has 2 saturated heterocycles. The normalized spacial score (nSPS) is 24.7. The van der Waals surface area contributed by atoms with Crippen molar-refractivity contribution < 1.29 is 9.59 Å². The Balaban J connectivity index is 1.36. The quantitative estimate of drug-likeness (QED) is 0.774. The fourth-order valence-corrected chi connectivity index (χ4v) is 4.69. The number of nitrogens with zero attached hydrogens (tertiary/aromatic N) is 2. The van der Waals surface area contributed by atoms with E-state index in [-0.39, 0.29) is 29.9 Å². The average molecular weight is 407 g/mol. The molecule has 0 aromatic heterocycles. The van der Waals surface area contributed by atoms with Gasteiger partial charge in [0.15, 0.2) is 0 Å². The van der Waals surface area contributed by atoms with Crippen LogP contribution in [0, 0.1) is 0 Å². The number of carbonyl (C=O) groups is 2. The Kier molecular flexibility index (Phi) is 6.45. The minimum Gasteiger partial charge on any atom is -0.353 e. The lowest BCUT2D eigenvalue weighted by atomic mass is 10.0. The van der Waals surface area contributed by atoms with Crippen LogP contribution in [0.4, 0.5) is 5.69 Å². The second-order valence-corrected chi connectivity index (χ2v) is 8.27. The molecule has 2 aromatic rings. The summed E-state index contributed by atoms with van der Waals surface area (Å²) in [5.41, 5.74) is 2.05. The van der Waals surface area contributed by atoms with Crippen molar-refractivity contribution in [2.24, 2.45) is 0 Å². The number of nitrogens with one attached hydrogen (secondary N) is 2. The number of amides is 2. The van der Waals surface area contributed by atoms with E-state index in [4.69, 9.17) is 0 Å². The van der Waals surface area contributed by atoms with E-state index in [1.165, 1.54) is 5.56 Å². The maximum atomic E-state index is 12.9. The number of anilines is 1. The van der Waals surface area contributed by atoms with Crippen LogP contribution in [-0.4, -0.2) is 59.9 Å². The molecule has 2 aromatic carbocycles. The van der Waals surface area contributed by atoms with Crippen molar-refractivity contribution >= 4 is 17.5 Å². The number of benzene rings is 2. The van der Waals surface area contributed by atoms with Gasteiger partial charge in [-0.1, -0.05) is 48.5 Å². The molecule has 6 nitrogen and oxygen atoms in total. The summed E-state index contributed by atoms with van der Waals surface area (Å²) in [7, 11) is 2.10. The average Bonchev–Trinajstić information content (AvgIpc) is 3.13. The minimum absolute atomic E-state index is 0.0128. The Labute approximate surface area is 178 Å². The Morgan fingerprint density at radius 3 is 2.53 bits per heavy atom. The van der Waals surface area contributed by atoms with Gasteiger partial charge in [-0.2, -0.15) is 0 Å². The third kappa shape index (κ3) is 4.71. The van der Waals surface area contributed by atoms with Crippen LogP contribution in [0.2, 0.25) is 0 Å². The second kappa shape index (κ2) is 9.41. The first-order chi connectivity index (χ1) is 14.6. The number of hydrogen-bond acceptors (Lipinski definition) is 4. The lowest BCUT2D eigenvalue weighted by Gasteiger charge is -2.33. The second-order valence-electron chi connectivity index (χ2n) is 8.27. The number of rotatable bonds is 6. The number of likely N-dealkylation sites (N-methyl/N-ethyl adjacent to an activating group) is 1. The monoisotopic (exact) mass is 406 g/mol. The SMILES string of the molecule is CN1C(CCC(=O)Nc2ccccc2)CNC(=O)C2C1CCN2Cc1ccccc1. The number of para-hydroxylation sites is 1. The first-order valence-corrected chi connectivity index (χ1v) is 10.7. The molecule has 4 rings (SSSR count). The Bertz CT molecular complexity index is 858. The standard InChI is InChI=1S/C24H30N4O2/c1-27-20(12-13-22(29)26-19-10-6-3-7-11-19)16-25-24(30)23-21(27)14-15-28(23)17-18-8-4-2-5-9-18/h2-11,20-21,23H,12-17H2,1H3,(H,25,30)(H,26,29). The number of hydrogen-bond donors (Lipinski definition) is 2. The van der Waals surface area contributed by atoms with Crippen LogP contribution in [0.15, 0.2) is 60.7 Å². The molecule has 2 aliphatic rings. The Hall–Kier alpha value is -2.70. The van der Waals surface area contributed by atoms with Gasteiger partial charge in [-0.25, -0.2) is 0 Å². The van der Waals surface area contributed by atoms with Gasteiger partial charge in [0, 0.05) is 43.8 Å². The van der Waals surface area contributed by atoms with Gasteiger partial charge in [-0.3, -0.25) is 19.4 Å². The van der Waals surface area contributed by atoms with Gasteiger partial charge in [0.1, 0.15) is 6.04 Å². The van der Waals surface area contributed by atoms with Crippen molar-refractivity contribution in [3.8, 4) is 0 Å². The predicted molar refractivity (Wildman–Crippen MR) is 118 cm³/mol. The molecule has 0 radical (unpaired) electrons. The number of likely N-dealkylation sites (tertiary alicyclic amines) is 1. The third-order valence-corrected chi connectivity index (χ3v) is 6.34. The van der Waals surface area contributed by atoms with E-state index < -0.39 is 0 Å². The zero-order valence-corrected chi connectivity index (χ0v) is 17.5. The molecular formula is C24H30N4O2. The summed E-state index contributed by atoms with van der Waals surface area (Å²) in [4.78, 5) is 29.9. The smallest absolute Gasteiger partial charge is 0.239 e. The van der Waals surface area contributed by atoms with Gasteiger partial charge < -0.3 is 10.6 Å². The predicted octanol–water partition coefficient (Wildman–Crippen LogP) is 2.48. The fraction of sp³-hybridized carbons (Fsp3) is 0.417. The summed E-state index contributed by atoms with van der Waals surface area (Å²) in [6.45, 7) is 2.27. The van der Waals surface area contributed by atoms with E-state index in [0.717, 1.165) is 31.6 Å². The van der Waals surface area contributed by atoms with Crippen LogP contribution in [0.1, 0.15) is 24.8 Å². The molecule has 2 aliphatic heterocycles. The molecule has 0 spiro atoms. The molecular weight excluding hydrogens is 376 g/mol. The van der Waals surface area contributed by atoms with Crippen LogP contribution in [0.5, 0.6) is 0 Å². The first kappa shape index (κ1) is 20.6. The van der Waals surface area contributed by atoms with E-state index in [9.17, 15) is 9.59 Å². The summed E-state index contributed by atoms with van der Waals surface area (Å²) in [6, 6.07) is 20.0. The minimum atomic E-state index is -0.140. The van der Waals surface area contributed by atoms with Gasteiger partial charge in [-0.05, 0) is 37.6 Å². The highest BCUT2D eigenvalue weighted by molar-refractivity contribution is 5.90. The lowest BCUT2D eigenvalue weighted by molar-refractivity contribution is -0.126. The molecule has 0 bridgehead atoms. The van der Waals surface area contributed by atoms with E-state index in [2.05, 4.69) is 39.6 Å². The molecule has 3 unspecified atom stereocenters. The van der Waals surface area contributed by atoms with Gasteiger partial charge in [0.05, 0.1) is 0 Å². The topological polar surface area (TPSA) is 64.7 Å². The van der Waals surface area contributed by atoms with E-state index >= 15 is 0 Å².